The summed E-state index contributed by atoms with van der Waals surface area (Å²) in [5.41, 5.74) is 0.862. The molecule has 1 aliphatic rings. The molecule has 2 rings (SSSR count). The number of rotatable bonds is 6. The fourth-order valence-corrected chi connectivity index (χ4v) is 2.80. The summed E-state index contributed by atoms with van der Waals surface area (Å²) < 4.78 is 5.40. The first-order valence-electron chi connectivity index (χ1n) is 7.77. The molecule has 7 nitrogen and oxygen atoms in total. The number of morpholine rings is 1. The normalized spacial score (nSPS) is 16.8. The Kier molecular flexibility index (Phi) is 5.90. The van der Waals surface area contributed by atoms with E-state index in [1.54, 1.807) is 6.07 Å². The maximum Gasteiger partial charge on any atom is 0.270 e. The molecule has 23 heavy (non-hydrogen) atoms. The van der Waals surface area contributed by atoms with Gasteiger partial charge in [0.2, 0.25) is 0 Å². The van der Waals surface area contributed by atoms with E-state index in [0.717, 1.165) is 26.3 Å². The van der Waals surface area contributed by atoms with Gasteiger partial charge in [-0.15, -0.1) is 0 Å². The van der Waals surface area contributed by atoms with E-state index < -0.39 is 4.92 Å². The quantitative estimate of drug-likeness (QED) is 0.639. The number of anilines is 1. The molecule has 1 aliphatic heterocycles. The van der Waals surface area contributed by atoms with Gasteiger partial charge in [0.25, 0.3) is 5.69 Å². The van der Waals surface area contributed by atoms with Crippen LogP contribution in [-0.4, -0.2) is 48.7 Å². The Morgan fingerprint density at radius 3 is 2.70 bits per heavy atom. The van der Waals surface area contributed by atoms with Crippen LogP contribution in [0.2, 0.25) is 0 Å². The molecule has 1 aromatic rings. The van der Waals surface area contributed by atoms with Crippen molar-refractivity contribution in [3.05, 3.63) is 33.9 Å². The molecular formula is C16H22N4O3. The van der Waals surface area contributed by atoms with Crippen LogP contribution in [0.15, 0.2) is 18.2 Å². The molecule has 1 saturated heterocycles. The highest BCUT2D eigenvalue weighted by Gasteiger charge is 2.24. The Bertz CT molecular complexity index is 591. The van der Waals surface area contributed by atoms with Gasteiger partial charge >= 0.3 is 0 Å². The third kappa shape index (κ3) is 4.41. The summed E-state index contributed by atoms with van der Waals surface area (Å²) in [4.78, 5) is 12.7. The molecule has 7 heteroatoms. The van der Waals surface area contributed by atoms with Crippen molar-refractivity contribution in [3.8, 4) is 6.07 Å². The van der Waals surface area contributed by atoms with Crippen LogP contribution < -0.4 is 5.32 Å². The Labute approximate surface area is 136 Å². The first-order valence-corrected chi connectivity index (χ1v) is 7.77. The van der Waals surface area contributed by atoms with Crippen molar-refractivity contribution in [1.82, 2.24) is 4.90 Å². The number of hydrogen-bond acceptors (Lipinski definition) is 6. The third-order valence-electron chi connectivity index (χ3n) is 4.12. The van der Waals surface area contributed by atoms with Crippen molar-refractivity contribution in [3.63, 3.8) is 0 Å². The van der Waals surface area contributed by atoms with Crippen molar-refractivity contribution in [1.29, 1.82) is 5.26 Å². The van der Waals surface area contributed by atoms with E-state index in [4.69, 9.17) is 4.74 Å². The predicted octanol–water partition coefficient (Wildman–Crippen LogP) is 2.24. The van der Waals surface area contributed by atoms with Crippen molar-refractivity contribution in [2.75, 3.05) is 38.2 Å². The standard InChI is InChI=1S/C16H22N4O3/c1-12(2)16(19-5-7-23-8-6-19)11-18-15-4-3-14(20(21)22)9-13(15)10-17/h3-4,9,12,16,18H,5-8,11H2,1-2H3/t16-/m0/s1. The summed E-state index contributed by atoms with van der Waals surface area (Å²) in [6.45, 7) is 8.30. The van der Waals surface area contributed by atoms with Crippen LogP contribution in [0.1, 0.15) is 19.4 Å². The number of hydrogen-bond donors (Lipinski definition) is 1. The van der Waals surface area contributed by atoms with Crippen LogP contribution in [0, 0.1) is 27.4 Å². The van der Waals surface area contributed by atoms with Crippen LogP contribution in [0.5, 0.6) is 0 Å². The lowest BCUT2D eigenvalue weighted by atomic mass is 10.0. The van der Waals surface area contributed by atoms with Crippen molar-refractivity contribution in [2.24, 2.45) is 5.92 Å². The number of nitro groups is 1. The molecule has 0 bridgehead atoms. The minimum Gasteiger partial charge on any atom is -0.382 e. The van der Waals surface area contributed by atoms with Gasteiger partial charge in [0.05, 0.1) is 29.4 Å². The Morgan fingerprint density at radius 1 is 1.43 bits per heavy atom. The topological polar surface area (TPSA) is 91.4 Å². The highest BCUT2D eigenvalue weighted by Crippen LogP contribution is 2.22. The van der Waals surface area contributed by atoms with Crippen LogP contribution in [0.4, 0.5) is 11.4 Å². The van der Waals surface area contributed by atoms with E-state index in [2.05, 4.69) is 24.1 Å². The van der Waals surface area contributed by atoms with Crippen molar-refractivity contribution >= 4 is 11.4 Å². The smallest absolute Gasteiger partial charge is 0.270 e. The molecule has 0 amide bonds. The SMILES string of the molecule is CC(C)[C@H](CNc1ccc([N+](=O)[O-])cc1C#N)N1CCOCC1. The van der Waals surface area contributed by atoms with E-state index in [1.807, 2.05) is 6.07 Å². The summed E-state index contributed by atoms with van der Waals surface area (Å²) in [6, 6.07) is 6.67. The van der Waals surface area contributed by atoms with Gasteiger partial charge in [0, 0.05) is 37.8 Å². The lowest BCUT2D eigenvalue weighted by Crippen LogP contribution is -2.49. The van der Waals surface area contributed by atoms with Gasteiger partial charge < -0.3 is 10.1 Å². The molecule has 1 atom stereocenters. The van der Waals surface area contributed by atoms with E-state index in [9.17, 15) is 15.4 Å². The fourth-order valence-electron chi connectivity index (χ4n) is 2.80. The zero-order valence-electron chi connectivity index (χ0n) is 13.5. The van der Waals surface area contributed by atoms with Crippen LogP contribution in [0.3, 0.4) is 0 Å². The highest BCUT2D eigenvalue weighted by molar-refractivity contribution is 5.61. The molecule has 1 aromatic carbocycles. The maximum absolute atomic E-state index is 10.8. The lowest BCUT2D eigenvalue weighted by Gasteiger charge is -2.37. The number of nitrogens with zero attached hydrogens (tertiary/aromatic N) is 3. The first kappa shape index (κ1) is 17.2. The summed E-state index contributed by atoms with van der Waals surface area (Å²) in [5.74, 6) is 0.448. The minimum atomic E-state index is -0.491. The van der Waals surface area contributed by atoms with Gasteiger partial charge in [-0.25, -0.2) is 0 Å². The molecule has 0 unspecified atom stereocenters. The Hall–Kier alpha value is -2.17. The highest BCUT2D eigenvalue weighted by atomic mass is 16.6. The summed E-state index contributed by atoms with van der Waals surface area (Å²) in [6.07, 6.45) is 0. The van der Waals surface area contributed by atoms with Crippen LogP contribution in [0.25, 0.3) is 0 Å². The minimum absolute atomic E-state index is 0.0688. The largest absolute Gasteiger partial charge is 0.382 e. The molecule has 0 spiro atoms. The van der Waals surface area contributed by atoms with E-state index >= 15 is 0 Å². The van der Waals surface area contributed by atoms with Gasteiger partial charge in [0.15, 0.2) is 0 Å². The molecule has 124 valence electrons. The van der Waals surface area contributed by atoms with Crippen LogP contribution in [-0.2, 0) is 4.74 Å². The number of nitrogens with one attached hydrogen (secondary N) is 1. The molecule has 1 fully saturated rings. The average Bonchev–Trinajstić information content (AvgIpc) is 2.55. The van der Waals surface area contributed by atoms with E-state index in [-0.39, 0.29) is 5.69 Å². The fraction of sp³-hybridized carbons (Fsp3) is 0.562. The van der Waals surface area contributed by atoms with E-state index in [0.29, 0.717) is 29.8 Å². The number of nitro benzene ring substituents is 1. The number of benzene rings is 1. The molecule has 0 radical (unpaired) electrons. The molecule has 0 saturated carbocycles. The van der Waals surface area contributed by atoms with Gasteiger partial charge in [-0.1, -0.05) is 13.8 Å². The second kappa shape index (κ2) is 7.90. The molecule has 0 aromatic heterocycles. The zero-order valence-corrected chi connectivity index (χ0v) is 13.5. The predicted molar refractivity (Wildman–Crippen MR) is 87.3 cm³/mol. The van der Waals surface area contributed by atoms with Gasteiger partial charge in [-0.05, 0) is 12.0 Å². The maximum atomic E-state index is 10.8. The van der Waals surface area contributed by atoms with Crippen molar-refractivity contribution in [2.45, 2.75) is 19.9 Å². The van der Waals surface area contributed by atoms with Gasteiger partial charge in [-0.2, -0.15) is 5.26 Å². The van der Waals surface area contributed by atoms with Gasteiger partial charge in [0.1, 0.15) is 6.07 Å². The number of non-ortho nitro benzene ring substituents is 1. The first-order chi connectivity index (χ1) is 11.0. The zero-order chi connectivity index (χ0) is 16.8. The lowest BCUT2D eigenvalue weighted by molar-refractivity contribution is -0.384. The summed E-state index contributed by atoms with van der Waals surface area (Å²) >= 11 is 0. The second-order valence-corrected chi connectivity index (χ2v) is 5.94. The molecular weight excluding hydrogens is 296 g/mol. The molecule has 1 heterocycles. The molecule has 1 N–H and O–H groups in total. The van der Waals surface area contributed by atoms with Crippen LogP contribution >= 0.6 is 0 Å². The molecule has 0 aliphatic carbocycles. The van der Waals surface area contributed by atoms with Gasteiger partial charge in [-0.3, -0.25) is 15.0 Å². The third-order valence-corrected chi connectivity index (χ3v) is 4.12. The monoisotopic (exact) mass is 318 g/mol. The summed E-state index contributed by atoms with van der Waals surface area (Å²) in [7, 11) is 0. The summed E-state index contributed by atoms with van der Waals surface area (Å²) in [5, 5.41) is 23.3. The van der Waals surface area contributed by atoms with Crippen molar-refractivity contribution < 1.29 is 9.66 Å². The average molecular weight is 318 g/mol. The Balaban J connectivity index is 2.08. The Morgan fingerprint density at radius 2 is 2.13 bits per heavy atom. The number of nitriles is 1. The second-order valence-electron chi connectivity index (χ2n) is 5.94. The number of ether oxygens (including phenoxy) is 1. The van der Waals surface area contributed by atoms with E-state index in [1.165, 1.54) is 12.1 Å².